The highest BCUT2D eigenvalue weighted by Gasteiger charge is 2.29. The normalized spacial score (nSPS) is 20.4. The van der Waals surface area contributed by atoms with Gasteiger partial charge in [-0.3, -0.25) is 0 Å². The third-order valence-electron chi connectivity index (χ3n) is 3.60. The second kappa shape index (κ2) is 4.96. The van der Waals surface area contributed by atoms with Crippen LogP contribution in [0.5, 0.6) is 0 Å². The number of carbonyl (C=O) groups is 1. The number of benzene rings is 1. The number of amides is 1. The molecule has 5 nitrogen and oxygen atoms in total. The third-order valence-corrected chi connectivity index (χ3v) is 3.60. The summed E-state index contributed by atoms with van der Waals surface area (Å²) in [6.07, 6.45) is -0.958. The Bertz CT molecular complexity index is 462. The number of aliphatic hydroxyl groups excluding tert-OH is 1. The molecule has 1 aliphatic heterocycles. The smallest absolute Gasteiger partial charge is 0.407 e. The van der Waals surface area contributed by atoms with Crippen LogP contribution in [0.1, 0.15) is 35.8 Å². The molecule has 1 aromatic rings. The molecule has 0 saturated carbocycles. The van der Waals surface area contributed by atoms with Gasteiger partial charge in [-0.25, -0.2) is 4.79 Å². The highest BCUT2D eigenvalue weighted by Crippen LogP contribution is 2.33. The van der Waals surface area contributed by atoms with E-state index in [0.717, 1.165) is 16.7 Å². The van der Waals surface area contributed by atoms with Crippen molar-refractivity contribution in [3.63, 3.8) is 0 Å². The van der Waals surface area contributed by atoms with E-state index in [4.69, 9.17) is 10.8 Å². The van der Waals surface area contributed by atoms with Crippen molar-refractivity contribution < 1.29 is 15.0 Å². The first-order valence-electron chi connectivity index (χ1n) is 6.05. The van der Waals surface area contributed by atoms with E-state index in [1.165, 1.54) is 4.90 Å². The predicted octanol–water partition coefficient (Wildman–Crippen LogP) is 1.28. The first kappa shape index (κ1) is 12.9. The molecule has 0 aromatic heterocycles. The van der Waals surface area contributed by atoms with Gasteiger partial charge in [0.15, 0.2) is 0 Å². The van der Waals surface area contributed by atoms with Gasteiger partial charge in [-0.15, -0.1) is 0 Å². The summed E-state index contributed by atoms with van der Waals surface area (Å²) in [4.78, 5) is 12.5. The number of carboxylic acid groups (broad SMARTS) is 1. The zero-order valence-corrected chi connectivity index (χ0v) is 10.3. The van der Waals surface area contributed by atoms with Crippen LogP contribution < -0.4 is 5.73 Å². The first-order chi connectivity index (χ1) is 8.56. The van der Waals surface area contributed by atoms with Crippen LogP contribution in [-0.4, -0.2) is 34.3 Å². The lowest BCUT2D eigenvalue weighted by Crippen LogP contribution is -2.38. The Kier molecular flexibility index (Phi) is 3.54. The SMILES string of the molecule is C[C@H]1c2cccc(C(O)CN)c2CCN1C(=O)O. The zero-order valence-electron chi connectivity index (χ0n) is 10.3. The third kappa shape index (κ3) is 2.07. The van der Waals surface area contributed by atoms with Crippen LogP contribution in [0, 0.1) is 0 Å². The number of hydrogen-bond acceptors (Lipinski definition) is 3. The molecule has 5 heteroatoms. The summed E-state index contributed by atoms with van der Waals surface area (Å²) >= 11 is 0. The Labute approximate surface area is 106 Å². The van der Waals surface area contributed by atoms with Gasteiger partial charge in [0.05, 0.1) is 12.1 Å². The molecule has 0 bridgehead atoms. The summed E-state index contributed by atoms with van der Waals surface area (Å²) in [5, 5.41) is 19.0. The molecule has 0 radical (unpaired) electrons. The number of hydrogen-bond donors (Lipinski definition) is 3. The zero-order chi connectivity index (χ0) is 13.3. The molecule has 0 aliphatic carbocycles. The van der Waals surface area contributed by atoms with Crippen molar-refractivity contribution in [1.82, 2.24) is 4.90 Å². The maximum Gasteiger partial charge on any atom is 0.407 e. The van der Waals surface area contributed by atoms with Gasteiger partial charge in [0, 0.05) is 13.1 Å². The largest absolute Gasteiger partial charge is 0.465 e. The number of rotatable bonds is 2. The number of nitrogens with two attached hydrogens (primary N) is 1. The summed E-state index contributed by atoms with van der Waals surface area (Å²) in [6, 6.07) is 5.44. The summed E-state index contributed by atoms with van der Waals surface area (Å²) in [7, 11) is 0. The van der Waals surface area contributed by atoms with Crippen LogP contribution in [0.15, 0.2) is 18.2 Å². The predicted molar refractivity (Wildman–Crippen MR) is 67.3 cm³/mol. The maximum absolute atomic E-state index is 11.1. The molecule has 18 heavy (non-hydrogen) atoms. The fourth-order valence-electron chi connectivity index (χ4n) is 2.60. The lowest BCUT2D eigenvalue weighted by Gasteiger charge is -2.34. The molecule has 0 saturated heterocycles. The Morgan fingerprint density at radius 2 is 2.33 bits per heavy atom. The molecule has 1 unspecified atom stereocenters. The quantitative estimate of drug-likeness (QED) is 0.737. The summed E-state index contributed by atoms with van der Waals surface area (Å²) < 4.78 is 0. The molecule has 2 atom stereocenters. The molecule has 4 N–H and O–H groups in total. The monoisotopic (exact) mass is 250 g/mol. The minimum atomic E-state index is -0.905. The van der Waals surface area contributed by atoms with E-state index in [-0.39, 0.29) is 12.6 Å². The minimum Gasteiger partial charge on any atom is -0.465 e. The second-order valence-corrected chi connectivity index (χ2v) is 4.57. The van der Waals surface area contributed by atoms with Gasteiger partial charge in [0.2, 0.25) is 0 Å². The molecule has 98 valence electrons. The minimum absolute atomic E-state index is 0.174. The van der Waals surface area contributed by atoms with Crippen molar-refractivity contribution in [3.8, 4) is 0 Å². The molecular weight excluding hydrogens is 232 g/mol. The topological polar surface area (TPSA) is 86.8 Å². The summed E-state index contributed by atoms with van der Waals surface area (Å²) in [5.41, 5.74) is 8.33. The van der Waals surface area contributed by atoms with Gasteiger partial charge < -0.3 is 20.8 Å². The van der Waals surface area contributed by atoms with Gasteiger partial charge in [0.25, 0.3) is 0 Å². The van der Waals surface area contributed by atoms with Crippen molar-refractivity contribution >= 4 is 6.09 Å². The maximum atomic E-state index is 11.1. The second-order valence-electron chi connectivity index (χ2n) is 4.57. The van der Waals surface area contributed by atoms with E-state index in [0.29, 0.717) is 13.0 Å². The lowest BCUT2D eigenvalue weighted by molar-refractivity contribution is 0.123. The van der Waals surface area contributed by atoms with Gasteiger partial charge >= 0.3 is 6.09 Å². The molecule has 1 amide bonds. The van der Waals surface area contributed by atoms with E-state index in [2.05, 4.69) is 0 Å². The highest BCUT2D eigenvalue weighted by atomic mass is 16.4. The summed E-state index contributed by atoms with van der Waals surface area (Å²) in [6.45, 7) is 2.50. The van der Waals surface area contributed by atoms with Gasteiger partial charge in [-0.2, -0.15) is 0 Å². The van der Waals surface area contributed by atoms with Crippen LogP contribution in [0.4, 0.5) is 4.79 Å². The van der Waals surface area contributed by atoms with E-state index < -0.39 is 12.2 Å². The van der Waals surface area contributed by atoms with Crippen LogP contribution in [0.2, 0.25) is 0 Å². The Morgan fingerprint density at radius 1 is 1.61 bits per heavy atom. The van der Waals surface area contributed by atoms with Crippen molar-refractivity contribution in [2.24, 2.45) is 5.73 Å². The van der Waals surface area contributed by atoms with Crippen LogP contribution >= 0.6 is 0 Å². The molecule has 0 fully saturated rings. The van der Waals surface area contributed by atoms with Crippen molar-refractivity contribution in [2.75, 3.05) is 13.1 Å². The van der Waals surface area contributed by atoms with E-state index >= 15 is 0 Å². The Hall–Kier alpha value is -1.59. The Balaban J connectivity index is 2.42. The molecule has 1 aliphatic rings. The fourth-order valence-corrected chi connectivity index (χ4v) is 2.60. The molecular formula is C13H18N2O3. The standard InChI is InChI=1S/C13H18N2O3/c1-8-9-3-2-4-11(12(16)7-14)10(9)5-6-15(8)13(17)18/h2-4,8,12,16H,5-7,14H2,1H3,(H,17,18)/t8-,12?/m0/s1. The molecule has 2 rings (SSSR count). The number of nitrogens with zero attached hydrogens (tertiary/aromatic N) is 1. The number of fused-ring (bicyclic) bond motifs is 1. The average molecular weight is 250 g/mol. The van der Waals surface area contributed by atoms with Crippen LogP contribution in [0.25, 0.3) is 0 Å². The first-order valence-corrected chi connectivity index (χ1v) is 6.05. The molecule has 1 aromatic carbocycles. The highest BCUT2D eigenvalue weighted by molar-refractivity contribution is 5.66. The Morgan fingerprint density at radius 3 is 2.94 bits per heavy atom. The van der Waals surface area contributed by atoms with Gasteiger partial charge in [0.1, 0.15) is 0 Å². The van der Waals surface area contributed by atoms with Crippen molar-refractivity contribution in [1.29, 1.82) is 0 Å². The van der Waals surface area contributed by atoms with Gasteiger partial charge in [-0.05, 0) is 30.0 Å². The summed E-state index contributed by atoms with van der Waals surface area (Å²) in [5.74, 6) is 0. The van der Waals surface area contributed by atoms with Crippen LogP contribution in [0.3, 0.4) is 0 Å². The van der Waals surface area contributed by atoms with Crippen LogP contribution in [-0.2, 0) is 6.42 Å². The fraction of sp³-hybridized carbons (Fsp3) is 0.462. The van der Waals surface area contributed by atoms with E-state index in [9.17, 15) is 9.90 Å². The molecule has 0 spiro atoms. The van der Waals surface area contributed by atoms with Crippen molar-refractivity contribution in [2.45, 2.75) is 25.5 Å². The molecule has 1 heterocycles. The number of aliphatic hydroxyl groups is 1. The van der Waals surface area contributed by atoms with Gasteiger partial charge in [-0.1, -0.05) is 18.2 Å². The van der Waals surface area contributed by atoms with Crippen molar-refractivity contribution in [3.05, 3.63) is 34.9 Å². The van der Waals surface area contributed by atoms with E-state index in [1.807, 2.05) is 25.1 Å². The average Bonchev–Trinajstić information content (AvgIpc) is 2.37. The van der Waals surface area contributed by atoms with E-state index in [1.54, 1.807) is 0 Å². The lowest BCUT2D eigenvalue weighted by atomic mass is 9.88.